The highest BCUT2D eigenvalue weighted by Crippen LogP contribution is 2.20. The molecule has 0 aromatic heterocycles. The van der Waals surface area contributed by atoms with Crippen LogP contribution >= 0.6 is 0 Å². The number of carbonyl (C=O) groups is 4. The van der Waals surface area contributed by atoms with Gasteiger partial charge in [0.15, 0.2) is 0 Å². The van der Waals surface area contributed by atoms with Crippen molar-refractivity contribution in [3.05, 3.63) is 0 Å². The molecule has 3 rings (SSSR count). The Bertz CT molecular complexity index is 484. The lowest BCUT2D eigenvalue weighted by Gasteiger charge is -2.36. The average Bonchev–Trinajstić information content (AvgIpc) is 3.05. The van der Waals surface area contributed by atoms with Crippen LogP contribution in [0, 0.1) is 0 Å². The minimum Gasteiger partial charge on any atom is -0.336 e. The van der Waals surface area contributed by atoms with Gasteiger partial charge >= 0.3 is 18.1 Å². The highest BCUT2D eigenvalue weighted by atomic mass is 16.2. The van der Waals surface area contributed by atoms with Crippen molar-refractivity contribution in [2.24, 2.45) is 0 Å². The molecular formula is C12H17N5O4. The Kier molecular flexibility index (Phi) is 3.40. The van der Waals surface area contributed by atoms with Gasteiger partial charge in [-0.15, -0.1) is 0 Å². The summed E-state index contributed by atoms with van der Waals surface area (Å²) in [6, 6.07) is -1.20. The second-order valence-corrected chi connectivity index (χ2v) is 5.31. The largest absolute Gasteiger partial charge is 0.336 e. The Morgan fingerprint density at radius 3 is 2.24 bits per heavy atom. The lowest BCUT2D eigenvalue weighted by atomic mass is 10.0. The fraction of sp³-hybridized carbons (Fsp3) is 0.667. The Balaban J connectivity index is 1.58. The molecule has 3 aliphatic heterocycles. The molecule has 3 fully saturated rings. The van der Waals surface area contributed by atoms with Gasteiger partial charge in [0.2, 0.25) is 5.91 Å². The standard InChI is InChI=1S/C12H17N5O4/c18-9-7-14-11(20)17(9)8-1-4-15(5-2-8)12(21)16-6-3-13-10(16)19/h8H,1-7H2,(H,13,19)(H,14,20). The molecule has 0 aromatic carbocycles. The number of piperidine rings is 1. The SMILES string of the molecule is O=C1NCCN1C(=O)N1CCC(N2C(=O)CNC2=O)CC1. The zero-order chi connectivity index (χ0) is 15.0. The maximum atomic E-state index is 12.2. The van der Waals surface area contributed by atoms with Crippen LogP contribution in [0.1, 0.15) is 12.8 Å². The van der Waals surface area contributed by atoms with Gasteiger partial charge in [0.25, 0.3) is 0 Å². The number of urea groups is 3. The fourth-order valence-corrected chi connectivity index (χ4v) is 2.94. The van der Waals surface area contributed by atoms with Crippen molar-refractivity contribution >= 4 is 24.0 Å². The molecule has 21 heavy (non-hydrogen) atoms. The van der Waals surface area contributed by atoms with E-state index in [1.54, 1.807) is 4.90 Å². The predicted octanol–water partition coefficient (Wildman–Crippen LogP) is -0.852. The van der Waals surface area contributed by atoms with Crippen molar-refractivity contribution in [2.75, 3.05) is 32.7 Å². The van der Waals surface area contributed by atoms with Gasteiger partial charge in [-0.2, -0.15) is 0 Å². The first-order valence-corrected chi connectivity index (χ1v) is 7.02. The van der Waals surface area contributed by atoms with Gasteiger partial charge in [0, 0.05) is 32.2 Å². The van der Waals surface area contributed by atoms with Crippen LogP contribution in [0.5, 0.6) is 0 Å². The van der Waals surface area contributed by atoms with E-state index in [0.717, 1.165) is 0 Å². The second kappa shape index (κ2) is 5.23. The Labute approximate surface area is 121 Å². The monoisotopic (exact) mass is 295 g/mol. The predicted molar refractivity (Wildman–Crippen MR) is 70.3 cm³/mol. The lowest BCUT2D eigenvalue weighted by molar-refractivity contribution is -0.127. The summed E-state index contributed by atoms with van der Waals surface area (Å²) in [5, 5.41) is 5.09. The van der Waals surface area contributed by atoms with E-state index in [1.165, 1.54) is 9.80 Å². The maximum Gasteiger partial charge on any atom is 0.328 e. The zero-order valence-electron chi connectivity index (χ0n) is 11.5. The summed E-state index contributed by atoms with van der Waals surface area (Å²) >= 11 is 0. The van der Waals surface area contributed by atoms with E-state index < -0.39 is 0 Å². The van der Waals surface area contributed by atoms with Crippen LogP contribution < -0.4 is 10.6 Å². The number of likely N-dealkylation sites (tertiary alicyclic amines) is 1. The van der Waals surface area contributed by atoms with Crippen LogP contribution in [-0.2, 0) is 4.79 Å². The molecule has 3 aliphatic rings. The molecule has 0 radical (unpaired) electrons. The molecule has 3 saturated heterocycles. The molecule has 2 N–H and O–H groups in total. The summed E-state index contributed by atoms with van der Waals surface area (Å²) in [6.45, 7) is 1.77. The molecule has 3 heterocycles. The number of nitrogens with zero attached hydrogens (tertiary/aromatic N) is 3. The van der Waals surface area contributed by atoms with Crippen molar-refractivity contribution < 1.29 is 19.2 Å². The molecule has 0 aliphatic carbocycles. The summed E-state index contributed by atoms with van der Waals surface area (Å²) < 4.78 is 0. The molecule has 0 bridgehead atoms. The van der Waals surface area contributed by atoms with E-state index in [9.17, 15) is 19.2 Å². The van der Waals surface area contributed by atoms with Crippen molar-refractivity contribution in [3.63, 3.8) is 0 Å². The van der Waals surface area contributed by atoms with Crippen molar-refractivity contribution in [1.29, 1.82) is 0 Å². The molecule has 9 heteroatoms. The average molecular weight is 295 g/mol. The smallest absolute Gasteiger partial charge is 0.328 e. The minimum atomic E-state index is -0.365. The van der Waals surface area contributed by atoms with E-state index >= 15 is 0 Å². The van der Waals surface area contributed by atoms with Crippen LogP contribution in [0.2, 0.25) is 0 Å². The van der Waals surface area contributed by atoms with Gasteiger partial charge in [-0.1, -0.05) is 0 Å². The molecule has 114 valence electrons. The fourth-order valence-electron chi connectivity index (χ4n) is 2.94. The highest BCUT2D eigenvalue weighted by molar-refractivity contribution is 6.02. The van der Waals surface area contributed by atoms with Crippen LogP contribution in [0.4, 0.5) is 14.4 Å². The first kappa shape index (κ1) is 13.7. The van der Waals surface area contributed by atoms with Gasteiger partial charge in [-0.05, 0) is 12.8 Å². The van der Waals surface area contributed by atoms with Gasteiger partial charge < -0.3 is 15.5 Å². The first-order chi connectivity index (χ1) is 10.1. The van der Waals surface area contributed by atoms with Crippen molar-refractivity contribution in [1.82, 2.24) is 25.3 Å². The van der Waals surface area contributed by atoms with Gasteiger partial charge in [-0.3, -0.25) is 9.69 Å². The van der Waals surface area contributed by atoms with Crippen molar-refractivity contribution in [3.8, 4) is 0 Å². The molecule has 9 nitrogen and oxygen atoms in total. The molecule has 0 atom stereocenters. The van der Waals surface area contributed by atoms with Gasteiger partial charge in [0.1, 0.15) is 0 Å². The second-order valence-electron chi connectivity index (χ2n) is 5.31. The summed E-state index contributed by atoms with van der Waals surface area (Å²) in [5.74, 6) is -0.219. The molecule has 0 unspecified atom stereocenters. The summed E-state index contributed by atoms with van der Waals surface area (Å²) in [6.07, 6.45) is 1.08. The van der Waals surface area contributed by atoms with Gasteiger partial charge in [-0.25, -0.2) is 19.3 Å². The van der Waals surface area contributed by atoms with E-state index in [1.807, 2.05) is 0 Å². The maximum absolute atomic E-state index is 12.2. The summed E-state index contributed by atoms with van der Waals surface area (Å²) in [7, 11) is 0. The summed E-state index contributed by atoms with van der Waals surface area (Å²) in [4.78, 5) is 51.0. The van der Waals surface area contributed by atoms with E-state index in [4.69, 9.17) is 0 Å². The third kappa shape index (κ3) is 2.39. The van der Waals surface area contributed by atoms with Crippen LogP contribution in [0.15, 0.2) is 0 Å². The Morgan fingerprint density at radius 2 is 1.71 bits per heavy atom. The lowest BCUT2D eigenvalue weighted by Crippen LogP contribution is -2.52. The molecule has 0 aromatic rings. The first-order valence-electron chi connectivity index (χ1n) is 7.02. The number of hydrogen-bond donors (Lipinski definition) is 2. The van der Waals surface area contributed by atoms with Crippen LogP contribution in [0.25, 0.3) is 0 Å². The van der Waals surface area contributed by atoms with Gasteiger partial charge in [0.05, 0.1) is 6.54 Å². The molecule has 0 saturated carbocycles. The van der Waals surface area contributed by atoms with E-state index in [2.05, 4.69) is 10.6 Å². The van der Waals surface area contributed by atoms with E-state index in [-0.39, 0.29) is 36.6 Å². The van der Waals surface area contributed by atoms with Crippen LogP contribution in [-0.4, -0.2) is 77.5 Å². The number of amides is 7. The van der Waals surface area contributed by atoms with E-state index in [0.29, 0.717) is 39.0 Å². The number of carbonyl (C=O) groups excluding carboxylic acids is 4. The zero-order valence-corrected chi connectivity index (χ0v) is 11.5. The van der Waals surface area contributed by atoms with Crippen molar-refractivity contribution in [2.45, 2.75) is 18.9 Å². The molecular weight excluding hydrogens is 278 g/mol. The van der Waals surface area contributed by atoms with Crippen LogP contribution in [0.3, 0.4) is 0 Å². The highest BCUT2D eigenvalue weighted by Gasteiger charge is 2.38. The summed E-state index contributed by atoms with van der Waals surface area (Å²) in [5.41, 5.74) is 0. The number of nitrogens with one attached hydrogen (secondary N) is 2. The Morgan fingerprint density at radius 1 is 1.00 bits per heavy atom. The quantitative estimate of drug-likeness (QED) is 0.615. The number of rotatable bonds is 1. The minimum absolute atomic E-state index is 0.0475. The number of hydrogen-bond acceptors (Lipinski definition) is 4. The Hall–Kier alpha value is -2.32. The molecule has 0 spiro atoms. The topological polar surface area (TPSA) is 102 Å². The number of imide groups is 2. The normalized spacial score (nSPS) is 23.6. The molecule has 7 amide bonds. The third-order valence-corrected chi connectivity index (χ3v) is 4.07. The third-order valence-electron chi connectivity index (χ3n) is 4.07.